The predicted molar refractivity (Wildman–Crippen MR) is 95.8 cm³/mol. The molecule has 1 aliphatic rings. The van der Waals surface area contributed by atoms with Gasteiger partial charge < -0.3 is 5.32 Å². The highest BCUT2D eigenvalue weighted by molar-refractivity contribution is 4.78. The molecule has 1 saturated carbocycles. The van der Waals surface area contributed by atoms with Crippen LogP contribution in [0, 0.1) is 11.8 Å². The summed E-state index contributed by atoms with van der Waals surface area (Å²) in [7, 11) is 0. The molecular weight excluding hydrogens is 254 g/mol. The minimum atomic E-state index is 0.826. The summed E-state index contributed by atoms with van der Waals surface area (Å²) in [5, 5.41) is 3.84. The van der Waals surface area contributed by atoms with Crippen molar-refractivity contribution in [2.45, 2.75) is 110 Å². The molecule has 0 saturated heterocycles. The van der Waals surface area contributed by atoms with Gasteiger partial charge in [0.2, 0.25) is 0 Å². The zero-order valence-corrected chi connectivity index (χ0v) is 15.1. The van der Waals surface area contributed by atoms with Gasteiger partial charge in [-0.1, -0.05) is 78.6 Å². The number of rotatable bonds is 12. The normalized spacial score (nSPS) is 22.9. The first kappa shape index (κ1) is 19.0. The van der Waals surface area contributed by atoms with Crippen LogP contribution in [0.4, 0.5) is 0 Å². The zero-order chi connectivity index (χ0) is 15.3. The third-order valence-corrected chi connectivity index (χ3v) is 5.05. The summed E-state index contributed by atoms with van der Waals surface area (Å²) in [6, 6.07) is 0.826. The average Bonchev–Trinajstić information content (AvgIpc) is 2.45. The van der Waals surface area contributed by atoms with Gasteiger partial charge in [-0.25, -0.2) is 0 Å². The maximum Gasteiger partial charge on any atom is 0.00697 e. The number of hydrogen-bond donors (Lipinski definition) is 1. The summed E-state index contributed by atoms with van der Waals surface area (Å²) >= 11 is 0. The topological polar surface area (TPSA) is 12.0 Å². The lowest BCUT2D eigenvalue weighted by atomic mass is 9.81. The van der Waals surface area contributed by atoms with Crippen LogP contribution in [-0.4, -0.2) is 12.6 Å². The zero-order valence-electron chi connectivity index (χ0n) is 15.1. The molecule has 1 nitrogen and oxygen atoms in total. The maximum atomic E-state index is 3.84. The first-order valence-electron chi connectivity index (χ1n) is 9.95. The highest BCUT2D eigenvalue weighted by Crippen LogP contribution is 2.29. The van der Waals surface area contributed by atoms with Crippen molar-refractivity contribution in [2.75, 3.05) is 6.54 Å². The van der Waals surface area contributed by atoms with Crippen LogP contribution >= 0.6 is 0 Å². The Hall–Kier alpha value is -0.0400. The Kier molecular flexibility index (Phi) is 11.3. The van der Waals surface area contributed by atoms with E-state index in [0.29, 0.717) is 0 Å². The van der Waals surface area contributed by atoms with Crippen LogP contribution < -0.4 is 5.32 Å². The molecule has 0 aliphatic heterocycles. The van der Waals surface area contributed by atoms with Gasteiger partial charge in [-0.2, -0.15) is 0 Å². The molecule has 0 spiro atoms. The minimum Gasteiger partial charge on any atom is -0.314 e. The van der Waals surface area contributed by atoms with Gasteiger partial charge in [0.15, 0.2) is 0 Å². The van der Waals surface area contributed by atoms with E-state index in [4.69, 9.17) is 0 Å². The molecule has 0 radical (unpaired) electrons. The van der Waals surface area contributed by atoms with Crippen LogP contribution in [0.15, 0.2) is 0 Å². The fourth-order valence-electron chi connectivity index (χ4n) is 3.92. The maximum absolute atomic E-state index is 3.84. The Bertz CT molecular complexity index is 224. The van der Waals surface area contributed by atoms with Crippen LogP contribution in [0.1, 0.15) is 104 Å². The van der Waals surface area contributed by atoms with Crippen molar-refractivity contribution in [3.63, 3.8) is 0 Å². The van der Waals surface area contributed by atoms with Crippen molar-refractivity contribution in [2.24, 2.45) is 11.8 Å². The van der Waals surface area contributed by atoms with Crippen molar-refractivity contribution < 1.29 is 0 Å². The van der Waals surface area contributed by atoms with E-state index in [2.05, 4.69) is 26.1 Å². The van der Waals surface area contributed by atoms with Crippen LogP contribution in [0.5, 0.6) is 0 Å². The monoisotopic (exact) mass is 295 g/mol. The Labute approximate surface area is 134 Å². The summed E-state index contributed by atoms with van der Waals surface area (Å²) in [5.41, 5.74) is 0. The largest absolute Gasteiger partial charge is 0.314 e. The summed E-state index contributed by atoms with van der Waals surface area (Å²) in [4.78, 5) is 0. The molecule has 1 N–H and O–H groups in total. The Balaban J connectivity index is 1.92. The standard InChI is InChI=1S/C20H41N/c1-4-5-6-7-8-9-10-11-15-21-20-14-12-13-19(17-20)16-18(2)3/h18-21H,4-17H2,1-3H3. The number of nitrogens with one attached hydrogen (secondary N) is 1. The molecule has 2 unspecified atom stereocenters. The van der Waals surface area contributed by atoms with Crippen LogP contribution in [0.3, 0.4) is 0 Å². The molecule has 1 aliphatic carbocycles. The van der Waals surface area contributed by atoms with Gasteiger partial charge in [0.1, 0.15) is 0 Å². The van der Waals surface area contributed by atoms with Crippen LogP contribution in [0.25, 0.3) is 0 Å². The van der Waals surface area contributed by atoms with Crippen molar-refractivity contribution in [1.82, 2.24) is 5.32 Å². The second kappa shape index (κ2) is 12.5. The molecule has 21 heavy (non-hydrogen) atoms. The molecule has 1 heteroatoms. The number of hydrogen-bond acceptors (Lipinski definition) is 1. The van der Waals surface area contributed by atoms with Gasteiger partial charge >= 0.3 is 0 Å². The van der Waals surface area contributed by atoms with Crippen LogP contribution in [0.2, 0.25) is 0 Å². The van der Waals surface area contributed by atoms with Gasteiger partial charge in [-0.15, -0.1) is 0 Å². The first-order valence-corrected chi connectivity index (χ1v) is 9.95. The fraction of sp³-hybridized carbons (Fsp3) is 1.00. The van der Waals surface area contributed by atoms with E-state index in [1.54, 1.807) is 0 Å². The van der Waals surface area contributed by atoms with E-state index in [0.717, 1.165) is 17.9 Å². The number of unbranched alkanes of at least 4 members (excludes halogenated alkanes) is 7. The second-order valence-electron chi connectivity index (χ2n) is 7.79. The van der Waals surface area contributed by atoms with E-state index < -0.39 is 0 Å². The van der Waals surface area contributed by atoms with Gasteiger partial charge in [0.25, 0.3) is 0 Å². The third kappa shape index (κ3) is 10.3. The third-order valence-electron chi connectivity index (χ3n) is 5.05. The van der Waals surface area contributed by atoms with E-state index in [-0.39, 0.29) is 0 Å². The SMILES string of the molecule is CCCCCCCCCCNC1CCCC(CC(C)C)C1. The molecule has 2 atom stereocenters. The molecule has 1 fully saturated rings. The average molecular weight is 296 g/mol. The summed E-state index contributed by atoms with van der Waals surface area (Å²) in [5.74, 6) is 1.87. The van der Waals surface area contributed by atoms with Crippen molar-refractivity contribution in [1.29, 1.82) is 0 Å². The van der Waals surface area contributed by atoms with E-state index in [9.17, 15) is 0 Å². The van der Waals surface area contributed by atoms with Crippen molar-refractivity contribution in [3.05, 3.63) is 0 Å². The molecule has 0 heterocycles. The van der Waals surface area contributed by atoms with E-state index >= 15 is 0 Å². The molecular formula is C20H41N. The molecule has 0 aromatic rings. The Morgan fingerprint density at radius 1 is 0.905 bits per heavy atom. The van der Waals surface area contributed by atoms with Gasteiger partial charge in [-0.05, 0) is 44.1 Å². The van der Waals surface area contributed by atoms with E-state index in [1.165, 1.54) is 90.0 Å². The smallest absolute Gasteiger partial charge is 0.00697 e. The minimum absolute atomic E-state index is 0.826. The lowest BCUT2D eigenvalue weighted by Gasteiger charge is -2.31. The molecule has 0 aromatic heterocycles. The highest BCUT2D eigenvalue weighted by atomic mass is 14.9. The van der Waals surface area contributed by atoms with Gasteiger partial charge in [-0.3, -0.25) is 0 Å². The van der Waals surface area contributed by atoms with E-state index in [1.807, 2.05) is 0 Å². The first-order chi connectivity index (χ1) is 10.2. The quantitative estimate of drug-likeness (QED) is 0.415. The van der Waals surface area contributed by atoms with Crippen LogP contribution in [-0.2, 0) is 0 Å². The van der Waals surface area contributed by atoms with Crippen molar-refractivity contribution >= 4 is 0 Å². The Morgan fingerprint density at radius 2 is 1.57 bits per heavy atom. The lowest BCUT2D eigenvalue weighted by Crippen LogP contribution is -2.35. The highest BCUT2D eigenvalue weighted by Gasteiger charge is 2.21. The fourth-order valence-corrected chi connectivity index (χ4v) is 3.92. The summed E-state index contributed by atoms with van der Waals surface area (Å²) in [6.07, 6.45) is 18.7. The molecule has 0 amide bonds. The summed E-state index contributed by atoms with van der Waals surface area (Å²) in [6.45, 7) is 8.30. The molecule has 1 rings (SSSR count). The lowest BCUT2D eigenvalue weighted by molar-refractivity contribution is 0.252. The Morgan fingerprint density at radius 3 is 2.24 bits per heavy atom. The molecule has 0 aromatic carbocycles. The summed E-state index contributed by atoms with van der Waals surface area (Å²) < 4.78 is 0. The van der Waals surface area contributed by atoms with Gasteiger partial charge in [0, 0.05) is 6.04 Å². The van der Waals surface area contributed by atoms with Gasteiger partial charge in [0.05, 0.1) is 0 Å². The van der Waals surface area contributed by atoms with Crippen molar-refractivity contribution in [3.8, 4) is 0 Å². The molecule has 126 valence electrons. The molecule has 0 bridgehead atoms. The second-order valence-corrected chi connectivity index (χ2v) is 7.79. The predicted octanol–water partition coefficient (Wildman–Crippen LogP) is 6.32.